The Morgan fingerprint density at radius 3 is 2.90 bits per heavy atom. The highest BCUT2D eigenvalue weighted by atomic mass is 79.9. The van der Waals surface area contributed by atoms with Crippen molar-refractivity contribution in [2.24, 2.45) is 5.73 Å². The summed E-state index contributed by atoms with van der Waals surface area (Å²) in [5.41, 5.74) is 5.66. The number of nitrogens with two attached hydrogens (primary N) is 1. The molecular formula is C6H9BrN2O. The molecule has 0 aromatic heterocycles. The molecule has 0 fully saturated rings. The molecule has 0 bridgehead atoms. The van der Waals surface area contributed by atoms with Crippen LogP contribution in [0.5, 0.6) is 0 Å². The van der Waals surface area contributed by atoms with Crippen LogP contribution in [0.25, 0.3) is 0 Å². The van der Waals surface area contributed by atoms with Gasteiger partial charge in [-0.15, -0.1) is 0 Å². The molecule has 4 heteroatoms. The third-order valence-electron chi connectivity index (χ3n) is 1.24. The molecule has 0 saturated heterocycles. The third kappa shape index (κ3) is 1.59. The topological polar surface area (TPSA) is 47.3 Å². The minimum Gasteiger partial charge on any atom is -0.348 e. The monoisotopic (exact) mass is 204 g/mol. The van der Waals surface area contributed by atoms with Gasteiger partial charge in [-0.05, 0) is 12.2 Å². The van der Waals surface area contributed by atoms with Crippen molar-refractivity contribution in [3.05, 3.63) is 22.8 Å². The Labute approximate surface area is 68.0 Å². The van der Waals surface area contributed by atoms with Gasteiger partial charge >= 0.3 is 0 Å². The van der Waals surface area contributed by atoms with Gasteiger partial charge in [0.15, 0.2) is 0 Å². The summed E-state index contributed by atoms with van der Waals surface area (Å²) in [5.74, 6) is -0.854. The van der Waals surface area contributed by atoms with E-state index in [1.807, 2.05) is 6.08 Å². The summed E-state index contributed by atoms with van der Waals surface area (Å²) in [7, 11) is 1.54. The molecule has 0 aromatic rings. The van der Waals surface area contributed by atoms with Gasteiger partial charge in [0.1, 0.15) is 0 Å². The van der Waals surface area contributed by atoms with Crippen molar-refractivity contribution in [3.63, 3.8) is 0 Å². The second-order valence-corrected chi connectivity index (χ2v) is 2.92. The lowest BCUT2D eigenvalue weighted by Gasteiger charge is -2.26. The van der Waals surface area contributed by atoms with Crippen LogP contribution in [-0.4, -0.2) is 13.0 Å². The van der Waals surface area contributed by atoms with Crippen molar-refractivity contribution in [2.75, 3.05) is 7.11 Å². The Hall–Kier alpha value is -0.320. The number of halogens is 1. The Balaban J connectivity index is 2.76. The third-order valence-corrected chi connectivity index (χ3v) is 1.73. The summed E-state index contributed by atoms with van der Waals surface area (Å²) in [6.45, 7) is 0. The van der Waals surface area contributed by atoms with E-state index < -0.39 is 5.85 Å². The van der Waals surface area contributed by atoms with Crippen LogP contribution in [0.3, 0.4) is 0 Å². The highest BCUT2D eigenvalue weighted by Crippen LogP contribution is 2.15. The predicted octanol–water partition coefficient (Wildman–Crippen LogP) is 0.641. The van der Waals surface area contributed by atoms with Crippen LogP contribution in [-0.2, 0) is 4.74 Å². The maximum absolute atomic E-state index is 5.66. The van der Waals surface area contributed by atoms with Gasteiger partial charge in [-0.3, -0.25) is 5.73 Å². The van der Waals surface area contributed by atoms with Crippen molar-refractivity contribution in [1.29, 1.82) is 0 Å². The molecule has 0 amide bonds. The van der Waals surface area contributed by atoms with Crippen molar-refractivity contribution in [3.8, 4) is 0 Å². The van der Waals surface area contributed by atoms with E-state index in [9.17, 15) is 0 Å². The van der Waals surface area contributed by atoms with Crippen molar-refractivity contribution in [2.45, 2.75) is 5.85 Å². The van der Waals surface area contributed by atoms with Crippen LogP contribution >= 0.6 is 15.9 Å². The highest BCUT2D eigenvalue weighted by Gasteiger charge is 2.21. The molecule has 1 atom stereocenters. The molecule has 10 heavy (non-hydrogen) atoms. The van der Waals surface area contributed by atoms with Crippen molar-refractivity contribution >= 4 is 15.9 Å². The number of dihydropyridines is 1. The highest BCUT2D eigenvalue weighted by molar-refractivity contribution is 9.11. The van der Waals surface area contributed by atoms with Gasteiger partial charge < -0.3 is 10.1 Å². The van der Waals surface area contributed by atoms with Crippen molar-refractivity contribution in [1.82, 2.24) is 5.32 Å². The molecule has 3 nitrogen and oxygen atoms in total. The summed E-state index contributed by atoms with van der Waals surface area (Å²) in [4.78, 5) is 0. The van der Waals surface area contributed by atoms with Gasteiger partial charge in [-0.1, -0.05) is 15.9 Å². The quantitative estimate of drug-likeness (QED) is 0.617. The molecule has 1 aliphatic heterocycles. The Morgan fingerprint density at radius 2 is 2.50 bits per heavy atom. The number of ether oxygens (including phenoxy) is 1. The molecule has 0 radical (unpaired) electrons. The van der Waals surface area contributed by atoms with E-state index in [2.05, 4.69) is 21.2 Å². The molecule has 1 heterocycles. The minimum absolute atomic E-state index is 0.854. The lowest BCUT2D eigenvalue weighted by Crippen LogP contribution is -2.52. The van der Waals surface area contributed by atoms with Crippen LogP contribution in [0.4, 0.5) is 0 Å². The van der Waals surface area contributed by atoms with Gasteiger partial charge in [0.25, 0.3) is 0 Å². The Kier molecular flexibility index (Phi) is 2.13. The second-order valence-electron chi connectivity index (χ2n) is 2.00. The van der Waals surface area contributed by atoms with E-state index in [1.165, 1.54) is 0 Å². The molecule has 0 aromatic carbocycles. The number of methoxy groups -OCH3 is 1. The molecule has 1 rings (SSSR count). The molecular weight excluding hydrogens is 196 g/mol. The summed E-state index contributed by atoms with van der Waals surface area (Å²) in [6.07, 6.45) is 5.32. The molecule has 56 valence electrons. The molecule has 1 unspecified atom stereocenters. The first-order chi connectivity index (χ1) is 4.66. The molecule has 0 spiro atoms. The zero-order valence-corrected chi connectivity index (χ0v) is 7.18. The SMILES string of the molecule is COC1(N)C=C(Br)C=CN1. The maximum Gasteiger partial charge on any atom is 0.214 e. The molecule has 1 aliphatic rings. The van der Waals surface area contributed by atoms with Gasteiger partial charge in [0.05, 0.1) is 0 Å². The van der Waals surface area contributed by atoms with E-state index in [4.69, 9.17) is 10.5 Å². The second kappa shape index (κ2) is 2.74. The van der Waals surface area contributed by atoms with Crippen LogP contribution in [0.2, 0.25) is 0 Å². The fourth-order valence-electron chi connectivity index (χ4n) is 0.664. The predicted molar refractivity (Wildman–Crippen MR) is 43.2 cm³/mol. The van der Waals surface area contributed by atoms with Crippen LogP contribution in [0, 0.1) is 0 Å². The van der Waals surface area contributed by atoms with E-state index in [0.29, 0.717) is 0 Å². The van der Waals surface area contributed by atoms with Crippen LogP contribution in [0.1, 0.15) is 0 Å². The van der Waals surface area contributed by atoms with E-state index in [0.717, 1.165) is 4.48 Å². The number of hydrogen-bond acceptors (Lipinski definition) is 3. The molecule has 3 N–H and O–H groups in total. The zero-order chi connectivity index (χ0) is 7.61. The molecule has 0 aliphatic carbocycles. The molecule has 0 saturated carbocycles. The Morgan fingerprint density at radius 1 is 1.80 bits per heavy atom. The van der Waals surface area contributed by atoms with E-state index in [1.54, 1.807) is 19.4 Å². The van der Waals surface area contributed by atoms with Crippen LogP contribution in [0.15, 0.2) is 22.8 Å². The lowest BCUT2D eigenvalue weighted by atomic mass is 10.3. The van der Waals surface area contributed by atoms with Gasteiger partial charge in [0, 0.05) is 17.8 Å². The fraction of sp³-hybridized carbons (Fsp3) is 0.333. The first-order valence-electron chi connectivity index (χ1n) is 2.83. The maximum atomic E-state index is 5.66. The number of allylic oxidation sites excluding steroid dienone is 2. The van der Waals surface area contributed by atoms with E-state index >= 15 is 0 Å². The van der Waals surface area contributed by atoms with E-state index in [-0.39, 0.29) is 0 Å². The summed E-state index contributed by atoms with van der Waals surface area (Å²) < 4.78 is 5.87. The summed E-state index contributed by atoms with van der Waals surface area (Å²) in [6, 6.07) is 0. The Bertz CT molecular complexity index is 190. The average molecular weight is 205 g/mol. The van der Waals surface area contributed by atoms with Gasteiger partial charge in [0.2, 0.25) is 5.85 Å². The fourth-order valence-corrected chi connectivity index (χ4v) is 1.14. The summed E-state index contributed by atoms with van der Waals surface area (Å²) >= 11 is 3.28. The average Bonchev–Trinajstić information content (AvgIpc) is 1.88. The van der Waals surface area contributed by atoms with Gasteiger partial charge in [-0.2, -0.15) is 0 Å². The van der Waals surface area contributed by atoms with Gasteiger partial charge in [-0.25, -0.2) is 0 Å². The summed E-state index contributed by atoms with van der Waals surface area (Å²) in [5, 5.41) is 2.84. The number of hydrogen-bond donors (Lipinski definition) is 2. The normalized spacial score (nSPS) is 31.3. The first-order valence-corrected chi connectivity index (χ1v) is 3.62. The van der Waals surface area contributed by atoms with Crippen molar-refractivity contribution < 1.29 is 4.74 Å². The number of nitrogens with one attached hydrogen (secondary N) is 1. The minimum atomic E-state index is -0.854. The first kappa shape index (κ1) is 7.78. The number of rotatable bonds is 1. The zero-order valence-electron chi connectivity index (χ0n) is 5.60. The standard InChI is InChI=1S/C6H9BrN2O/c1-10-6(8)4-5(7)2-3-9-6/h2-4,9H,8H2,1H3. The van der Waals surface area contributed by atoms with Crippen LogP contribution < -0.4 is 11.1 Å². The largest absolute Gasteiger partial charge is 0.348 e. The lowest BCUT2D eigenvalue weighted by molar-refractivity contribution is 0.0186. The smallest absolute Gasteiger partial charge is 0.214 e.